The van der Waals surface area contributed by atoms with Crippen LogP contribution in [0.3, 0.4) is 0 Å². The molecule has 0 aromatic heterocycles. The van der Waals surface area contributed by atoms with Gasteiger partial charge in [-0.05, 0) is 30.6 Å². The fraction of sp³-hybridized carbons (Fsp3) is 1.00. The van der Waals surface area contributed by atoms with Crippen molar-refractivity contribution in [3.63, 3.8) is 0 Å². The SMILES string of the molecule is CCNC(CSCC(C)C)CC1CCCC1. The zero-order valence-electron chi connectivity index (χ0n) is 11.3. The molecular formula is C14H29NS. The summed E-state index contributed by atoms with van der Waals surface area (Å²) >= 11 is 2.13. The van der Waals surface area contributed by atoms with E-state index in [-0.39, 0.29) is 0 Å². The highest BCUT2D eigenvalue weighted by Crippen LogP contribution is 2.29. The maximum absolute atomic E-state index is 3.66. The zero-order valence-corrected chi connectivity index (χ0v) is 12.1. The van der Waals surface area contributed by atoms with Gasteiger partial charge in [0.25, 0.3) is 0 Å². The largest absolute Gasteiger partial charge is 0.313 e. The van der Waals surface area contributed by atoms with Gasteiger partial charge >= 0.3 is 0 Å². The molecule has 16 heavy (non-hydrogen) atoms. The van der Waals surface area contributed by atoms with E-state index in [1.54, 1.807) is 0 Å². The molecule has 0 radical (unpaired) electrons. The first-order valence-corrected chi connectivity index (χ1v) is 8.19. The molecule has 0 heterocycles. The lowest BCUT2D eigenvalue weighted by Crippen LogP contribution is -2.33. The molecule has 0 aromatic carbocycles. The predicted molar refractivity (Wildman–Crippen MR) is 76.2 cm³/mol. The summed E-state index contributed by atoms with van der Waals surface area (Å²) in [5.41, 5.74) is 0. The van der Waals surface area contributed by atoms with E-state index in [0.717, 1.165) is 24.4 Å². The van der Waals surface area contributed by atoms with Crippen LogP contribution in [0, 0.1) is 11.8 Å². The van der Waals surface area contributed by atoms with Gasteiger partial charge in [0.2, 0.25) is 0 Å². The standard InChI is InChI=1S/C14H29NS/c1-4-15-14(11-16-10-12(2)3)9-13-7-5-6-8-13/h12-15H,4-11H2,1-3H3. The maximum Gasteiger partial charge on any atom is 0.0160 e. The summed E-state index contributed by atoms with van der Waals surface area (Å²) in [6, 6.07) is 0.761. The van der Waals surface area contributed by atoms with Gasteiger partial charge < -0.3 is 5.32 Å². The first-order valence-electron chi connectivity index (χ1n) is 7.03. The third-order valence-corrected chi connectivity index (χ3v) is 4.90. The van der Waals surface area contributed by atoms with Crippen molar-refractivity contribution in [1.29, 1.82) is 0 Å². The molecule has 1 unspecified atom stereocenters. The molecule has 0 aliphatic heterocycles. The summed E-state index contributed by atoms with van der Waals surface area (Å²) in [7, 11) is 0. The van der Waals surface area contributed by atoms with Crippen molar-refractivity contribution in [3.8, 4) is 0 Å². The van der Waals surface area contributed by atoms with Crippen LogP contribution in [0.1, 0.15) is 52.9 Å². The van der Waals surface area contributed by atoms with Gasteiger partial charge in [0.15, 0.2) is 0 Å². The van der Waals surface area contributed by atoms with Gasteiger partial charge in [-0.1, -0.05) is 46.5 Å². The van der Waals surface area contributed by atoms with Crippen LogP contribution in [0.15, 0.2) is 0 Å². The lowest BCUT2D eigenvalue weighted by molar-refractivity contribution is 0.415. The Hall–Kier alpha value is 0.310. The lowest BCUT2D eigenvalue weighted by atomic mass is 9.99. The van der Waals surface area contributed by atoms with Crippen LogP contribution >= 0.6 is 11.8 Å². The van der Waals surface area contributed by atoms with Crippen LogP contribution in [0.5, 0.6) is 0 Å². The highest BCUT2D eigenvalue weighted by atomic mass is 32.2. The van der Waals surface area contributed by atoms with E-state index in [2.05, 4.69) is 37.8 Å². The van der Waals surface area contributed by atoms with Gasteiger partial charge in [-0.25, -0.2) is 0 Å². The van der Waals surface area contributed by atoms with Crippen LogP contribution < -0.4 is 5.32 Å². The Morgan fingerprint density at radius 1 is 1.19 bits per heavy atom. The van der Waals surface area contributed by atoms with Crippen LogP contribution in [0.4, 0.5) is 0 Å². The van der Waals surface area contributed by atoms with E-state index < -0.39 is 0 Å². The minimum atomic E-state index is 0.761. The Kier molecular flexibility index (Phi) is 7.55. The first-order chi connectivity index (χ1) is 7.72. The van der Waals surface area contributed by atoms with Crippen molar-refractivity contribution in [2.75, 3.05) is 18.1 Å². The summed E-state index contributed by atoms with van der Waals surface area (Å²) in [6.45, 7) is 7.98. The van der Waals surface area contributed by atoms with E-state index in [0.29, 0.717) is 0 Å². The molecule has 0 saturated heterocycles. The molecule has 1 nitrogen and oxygen atoms in total. The normalized spacial score (nSPS) is 19.5. The summed E-state index contributed by atoms with van der Waals surface area (Å²) in [5.74, 6) is 4.47. The van der Waals surface area contributed by atoms with Crippen molar-refractivity contribution in [3.05, 3.63) is 0 Å². The molecular weight excluding hydrogens is 214 g/mol. The summed E-state index contributed by atoms with van der Waals surface area (Å²) in [4.78, 5) is 0. The summed E-state index contributed by atoms with van der Waals surface area (Å²) in [5, 5.41) is 3.66. The summed E-state index contributed by atoms with van der Waals surface area (Å²) < 4.78 is 0. The molecule has 1 atom stereocenters. The van der Waals surface area contributed by atoms with Gasteiger partial charge in [-0.2, -0.15) is 11.8 Å². The topological polar surface area (TPSA) is 12.0 Å². The Morgan fingerprint density at radius 3 is 2.44 bits per heavy atom. The number of hydrogen-bond acceptors (Lipinski definition) is 2. The van der Waals surface area contributed by atoms with E-state index in [1.165, 1.54) is 43.6 Å². The average molecular weight is 243 g/mol. The van der Waals surface area contributed by atoms with Crippen molar-refractivity contribution in [2.24, 2.45) is 11.8 Å². The van der Waals surface area contributed by atoms with Gasteiger partial charge in [-0.3, -0.25) is 0 Å². The number of hydrogen-bond donors (Lipinski definition) is 1. The maximum atomic E-state index is 3.66. The Balaban J connectivity index is 2.17. The van der Waals surface area contributed by atoms with Gasteiger partial charge in [-0.15, -0.1) is 0 Å². The molecule has 0 aromatic rings. The van der Waals surface area contributed by atoms with Gasteiger partial charge in [0, 0.05) is 11.8 Å². The molecule has 1 saturated carbocycles. The molecule has 2 heteroatoms. The quantitative estimate of drug-likeness (QED) is 0.693. The zero-order chi connectivity index (χ0) is 11.8. The van der Waals surface area contributed by atoms with E-state index in [1.807, 2.05) is 0 Å². The fourth-order valence-electron chi connectivity index (χ4n) is 2.59. The number of rotatable bonds is 8. The molecule has 96 valence electrons. The number of thioether (sulfide) groups is 1. The average Bonchev–Trinajstić information content (AvgIpc) is 2.70. The third-order valence-electron chi connectivity index (χ3n) is 3.36. The second-order valence-corrected chi connectivity index (χ2v) is 6.65. The predicted octanol–water partition coefficient (Wildman–Crippen LogP) is 3.93. The molecule has 1 N–H and O–H groups in total. The van der Waals surface area contributed by atoms with Crippen LogP contribution in [-0.2, 0) is 0 Å². The van der Waals surface area contributed by atoms with E-state index in [4.69, 9.17) is 0 Å². The Labute approximate surface area is 106 Å². The minimum absolute atomic E-state index is 0.761. The van der Waals surface area contributed by atoms with E-state index >= 15 is 0 Å². The second-order valence-electron chi connectivity index (χ2n) is 5.57. The monoisotopic (exact) mass is 243 g/mol. The Bertz CT molecular complexity index is 164. The molecule has 0 bridgehead atoms. The van der Waals surface area contributed by atoms with Crippen LogP contribution in [-0.4, -0.2) is 24.1 Å². The molecule has 1 aliphatic carbocycles. The Morgan fingerprint density at radius 2 is 1.88 bits per heavy atom. The van der Waals surface area contributed by atoms with Gasteiger partial charge in [0.1, 0.15) is 0 Å². The molecule has 1 aliphatic rings. The number of nitrogens with one attached hydrogen (secondary N) is 1. The molecule has 0 spiro atoms. The van der Waals surface area contributed by atoms with Gasteiger partial charge in [0.05, 0.1) is 0 Å². The molecule has 0 amide bonds. The van der Waals surface area contributed by atoms with E-state index in [9.17, 15) is 0 Å². The smallest absolute Gasteiger partial charge is 0.0160 e. The van der Waals surface area contributed by atoms with Crippen LogP contribution in [0.2, 0.25) is 0 Å². The minimum Gasteiger partial charge on any atom is -0.313 e. The van der Waals surface area contributed by atoms with Crippen molar-refractivity contribution < 1.29 is 0 Å². The van der Waals surface area contributed by atoms with Crippen molar-refractivity contribution in [1.82, 2.24) is 5.32 Å². The second kappa shape index (κ2) is 8.41. The molecule has 1 fully saturated rings. The summed E-state index contributed by atoms with van der Waals surface area (Å²) in [6.07, 6.45) is 7.33. The van der Waals surface area contributed by atoms with Crippen molar-refractivity contribution >= 4 is 11.8 Å². The first kappa shape index (κ1) is 14.4. The highest BCUT2D eigenvalue weighted by Gasteiger charge is 2.19. The fourth-order valence-corrected chi connectivity index (χ4v) is 3.74. The lowest BCUT2D eigenvalue weighted by Gasteiger charge is -2.21. The highest BCUT2D eigenvalue weighted by molar-refractivity contribution is 7.99. The van der Waals surface area contributed by atoms with Crippen molar-refractivity contribution in [2.45, 2.75) is 58.9 Å². The van der Waals surface area contributed by atoms with Crippen LogP contribution in [0.25, 0.3) is 0 Å². The third kappa shape index (κ3) is 6.15. The molecule has 1 rings (SSSR count).